The zero-order valence-electron chi connectivity index (χ0n) is 14.5. The number of rotatable bonds is 5. The molecule has 5 N–H and O–H groups in total. The molecule has 1 fully saturated rings. The number of nitrogens with one attached hydrogen (secondary N) is 3. The SMILES string of the molecule is COc1ccc(-c2cc(C(=O)NC3CCCNC3)c(NC(N)=O)s2)cc1. The number of anilines is 1. The van der Waals surface area contributed by atoms with Crippen LogP contribution in [0.2, 0.25) is 0 Å². The first kappa shape index (κ1) is 18.2. The first-order valence-corrected chi connectivity index (χ1v) is 9.25. The molecular weight excluding hydrogens is 352 g/mol. The molecule has 26 heavy (non-hydrogen) atoms. The van der Waals surface area contributed by atoms with Crippen LogP contribution in [-0.2, 0) is 0 Å². The van der Waals surface area contributed by atoms with Gasteiger partial charge in [-0.25, -0.2) is 4.79 Å². The lowest BCUT2D eigenvalue weighted by Crippen LogP contribution is -2.45. The van der Waals surface area contributed by atoms with Gasteiger partial charge in [0.15, 0.2) is 0 Å². The van der Waals surface area contributed by atoms with Crippen molar-refractivity contribution in [3.05, 3.63) is 35.9 Å². The van der Waals surface area contributed by atoms with E-state index >= 15 is 0 Å². The highest BCUT2D eigenvalue weighted by Gasteiger charge is 2.22. The van der Waals surface area contributed by atoms with Crippen molar-refractivity contribution >= 4 is 28.3 Å². The molecule has 3 amide bonds. The molecule has 2 aromatic rings. The molecule has 0 saturated carbocycles. The molecule has 1 aliphatic rings. The van der Waals surface area contributed by atoms with Crippen molar-refractivity contribution < 1.29 is 14.3 Å². The maximum atomic E-state index is 12.7. The molecule has 1 aromatic heterocycles. The van der Waals surface area contributed by atoms with E-state index in [9.17, 15) is 9.59 Å². The van der Waals surface area contributed by atoms with Gasteiger partial charge in [0, 0.05) is 17.5 Å². The molecule has 0 radical (unpaired) electrons. The molecule has 1 saturated heterocycles. The first-order valence-electron chi connectivity index (χ1n) is 8.43. The summed E-state index contributed by atoms with van der Waals surface area (Å²) in [7, 11) is 1.61. The van der Waals surface area contributed by atoms with E-state index < -0.39 is 6.03 Å². The number of urea groups is 1. The summed E-state index contributed by atoms with van der Waals surface area (Å²) in [4.78, 5) is 24.9. The Bertz CT molecular complexity index is 782. The Morgan fingerprint density at radius 1 is 1.31 bits per heavy atom. The van der Waals surface area contributed by atoms with E-state index in [1.807, 2.05) is 24.3 Å². The number of carbonyl (C=O) groups excluding carboxylic acids is 2. The maximum absolute atomic E-state index is 12.7. The van der Waals surface area contributed by atoms with Crippen molar-refractivity contribution in [2.75, 3.05) is 25.5 Å². The summed E-state index contributed by atoms with van der Waals surface area (Å²) < 4.78 is 5.17. The number of primary amides is 1. The van der Waals surface area contributed by atoms with E-state index in [2.05, 4.69) is 16.0 Å². The van der Waals surface area contributed by atoms with Crippen molar-refractivity contribution in [3.63, 3.8) is 0 Å². The van der Waals surface area contributed by atoms with Crippen LogP contribution >= 0.6 is 11.3 Å². The van der Waals surface area contributed by atoms with Crippen LogP contribution < -0.4 is 26.4 Å². The summed E-state index contributed by atoms with van der Waals surface area (Å²) in [5.74, 6) is 0.544. The van der Waals surface area contributed by atoms with Crippen LogP contribution in [-0.4, -0.2) is 38.2 Å². The van der Waals surface area contributed by atoms with Gasteiger partial charge in [0.25, 0.3) is 5.91 Å². The standard InChI is InChI=1S/C18H22N4O3S/c1-25-13-6-4-11(5-7-13)15-9-14(17(26-15)22-18(19)24)16(23)21-12-3-2-8-20-10-12/h4-7,9,12,20H,2-3,8,10H2,1H3,(H,21,23)(H3,19,22,24). The molecule has 3 rings (SSSR count). The topological polar surface area (TPSA) is 105 Å². The number of piperidine rings is 1. The quantitative estimate of drug-likeness (QED) is 0.645. The molecule has 0 aliphatic carbocycles. The van der Waals surface area contributed by atoms with Gasteiger partial charge < -0.3 is 21.1 Å². The number of carbonyl (C=O) groups is 2. The smallest absolute Gasteiger partial charge is 0.317 e. The van der Waals surface area contributed by atoms with Crippen molar-refractivity contribution in [3.8, 4) is 16.2 Å². The second-order valence-corrected chi connectivity index (χ2v) is 7.14. The monoisotopic (exact) mass is 374 g/mol. The Labute approximate surface area is 155 Å². The lowest BCUT2D eigenvalue weighted by Gasteiger charge is -2.23. The summed E-state index contributed by atoms with van der Waals surface area (Å²) in [6, 6.07) is 8.69. The molecule has 0 spiro atoms. The van der Waals surface area contributed by atoms with Gasteiger partial charge in [-0.3, -0.25) is 10.1 Å². The minimum absolute atomic E-state index is 0.0852. The van der Waals surface area contributed by atoms with Crippen LogP contribution in [0.15, 0.2) is 30.3 Å². The number of thiophene rings is 1. The van der Waals surface area contributed by atoms with Crippen molar-refractivity contribution in [1.82, 2.24) is 10.6 Å². The van der Waals surface area contributed by atoms with E-state index in [4.69, 9.17) is 10.5 Å². The minimum atomic E-state index is -0.693. The van der Waals surface area contributed by atoms with Gasteiger partial charge in [0.05, 0.1) is 12.7 Å². The van der Waals surface area contributed by atoms with Crippen LogP contribution in [0, 0.1) is 0 Å². The first-order chi connectivity index (χ1) is 12.6. The van der Waals surface area contributed by atoms with Gasteiger partial charge >= 0.3 is 6.03 Å². The third-order valence-corrected chi connectivity index (χ3v) is 5.32. The van der Waals surface area contributed by atoms with Crippen molar-refractivity contribution in [2.24, 2.45) is 5.73 Å². The van der Waals surface area contributed by atoms with E-state index in [0.717, 1.165) is 42.1 Å². The highest BCUT2D eigenvalue weighted by molar-refractivity contribution is 7.20. The summed E-state index contributed by atoms with van der Waals surface area (Å²) in [6.07, 6.45) is 1.96. The molecule has 1 aromatic carbocycles. The van der Waals surface area contributed by atoms with Gasteiger partial charge in [0.2, 0.25) is 0 Å². The molecule has 1 aliphatic heterocycles. The Hall–Kier alpha value is -2.58. The van der Waals surface area contributed by atoms with Crippen LogP contribution in [0.1, 0.15) is 23.2 Å². The lowest BCUT2D eigenvalue weighted by molar-refractivity contribution is 0.0932. The molecule has 1 atom stereocenters. The largest absolute Gasteiger partial charge is 0.497 e. The third kappa shape index (κ3) is 4.33. The van der Waals surface area contributed by atoms with Crippen LogP contribution in [0.25, 0.3) is 10.4 Å². The minimum Gasteiger partial charge on any atom is -0.497 e. The summed E-state index contributed by atoms with van der Waals surface area (Å²) in [6.45, 7) is 1.72. The molecule has 2 heterocycles. The van der Waals surface area contributed by atoms with Gasteiger partial charge in [0.1, 0.15) is 10.8 Å². The molecule has 138 valence electrons. The molecular formula is C18H22N4O3S. The fraction of sp³-hybridized carbons (Fsp3) is 0.333. The third-order valence-electron chi connectivity index (χ3n) is 4.22. The molecule has 0 bridgehead atoms. The second kappa shape index (κ2) is 8.20. The van der Waals surface area contributed by atoms with Gasteiger partial charge in [-0.2, -0.15) is 0 Å². The van der Waals surface area contributed by atoms with Crippen LogP contribution in [0.3, 0.4) is 0 Å². The summed E-state index contributed by atoms with van der Waals surface area (Å²) in [5, 5.41) is 9.30. The van der Waals surface area contributed by atoms with Gasteiger partial charge in [-0.1, -0.05) is 0 Å². The number of ether oxygens (including phenoxy) is 1. The van der Waals surface area contributed by atoms with E-state index in [0.29, 0.717) is 10.6 Å². The number of hydrogen-bond acceptors (Lipinski definition) is 5. The van der Waals surface area contributed by atoms with E-state index in [-0.39, 0.29) is 11.9 Å². The zero-order valence-corrected chi connectivity index (χ0v) is 15.3. The highest BCUT2D eigenvalue weighted by Crippen LogP contribution is 2.36. The Morgan fingerprint density at radius 2 is 2.08 bits per heavy atom. The molecule has 8 heteroatoms. The molecule has 7 nitrogen and oxygen atoms in total. The predicted molar refractivity (Wildman–Crippen MR) is 103 cm³/mol. The Balaban J connectivity index is 1.85. The molecule has 1 unspecified atom stereocenters. The summed E-state index contributed by atoms with van der Waals surface area (Å²) >= 11 is 1.32. The number of amides is 3. The fourth-order valence-electron chi connectivity index (χ4n) is 2.90. The predicted octanol–water partition coefficient (Wildman–Crippen LogP) is 2.40. The van der Waals surface area contributed by atoms with Crippen molar-refractivity contribution in [2.45, 2.75) is 18.9 Å². The second-order valence-electron chi connectivity index (χ2n) is 6.09. The lowest BCUT2D eigenvalue weighted by atomic mass is 10.1. The highest BCUT2D eigenvalue weighted by atomic mass is 32.1. The zero-order chi connectivity index (χ0) is 18.5. The number of nitrogens with two attached hydrogens (primary N) is 1. The van der Waals surface area contributed by atoms with Crippen molar-refractivity contribution in [1.29, 1.82) is 0 Å². The average molecular weight is 374 g/mol. The normalized spacial score (nSPS) is 16.7. The number of methoxy groups -OCH3 is 1. The van der Waals surface area contributed by atoms with Crippen LogP contribution in [0.4, 0.5) is 9.80 Å². The van der Waals surface area contributed by atoms with Gasteiger partial charge in [-0.15, -0.1) is 11.3 Å². The van der Waals surface area contributed by atoms with E-state index in [1.165, 1.54) is 11.3 Å². The maximum Gasteiger partial charge on any atom is 0.317 e. The van der Waals surface area contributed by atoms with Gasteiger partial charge in [-0.05, 0) is 55.3 Å². The summed E-state index contributed by atoms with van der Waals surface area (Å²) in [5.41, 5.74) is 6.62. The van der Waals surface area contributed by atoms with Crippen LogP contribution in [0.5, 0.6) is 5.75 Å². The fourth-order valence-corrected chi connectivity index (χ4v) is 3.96. The Kier molecular flexibility index (Phi) is 5.75. The number of hydrogen-bond donors (Lipinski definition) is 4. The number of benzene rings is 1. The average Bonchev–Trinajstić information content (AvgIpc) is 3.06. The van der Waals surface area contributed by atoms with E-state index in [1.54, 1.807) is 13.2 Å². The Morgan fingerprint density at radius 3 is 2.69 bits per heavy atom.